The molecule has 4 N–H and O–H groups in total. The highest BCUT2D eigenvalue weighted by molar-refractivity contribution is 6.31. The zero-order valence-electron chi connectivity index (χ0n) is 47.9. The molecule has 3 aromatic rings. The lowest BCUT2D eigenvalue weighted by Crippen LogP contribution is -2.44. The third-order valence-corrected chi connectivity index (χ3v) is 13.4. The summed E-state index contributed by atoms with van der Waals surface area (Å²) in [7, 11) is 0. The number of hydrogen-bond acceptors (Lipinski definition) is 13. The lowest BCUT2D eigenvalue weighted by atomic mass is 9.88. The van der Waals surface area contributed by atoms with Crippen LogP contribution in [0, 0.1) is 17.8 Å². The second kappa shape index (κ2) is 31.9. The average molecular weight is 1160 g/mol. The standard InChI is InChI=1S/C21H30ClNO5.C19H27ClN2O4.C19H29ClN2O3/c1-5-26-18(24)14-27-19(15-8-6-10-17(22)12-15)16-9-7-11-23(13-16)20(25)28-21(2,3)4;1-19(2,3)26-18(24)22-9-5-7-14(11-22)17(25-12-16(21)23)13-6-4-8-15(20)10-13;1-19(2,3)25-18(23)22-10-5-7-15(13-22)17(24-11-9-21)14-6-4-8-16(20)12-14/h6,8,10,12,16,19H,5,7,9,11,13-14H2,1-4H3;4,6,8,10,14,17H,5,7,9,11-12H2,1-3H3,(H2,21,23);4,6,8,12,15,17H,5,7,9-11,13,21H2,1-3H3/t16-,19+;14-,17+;15-,17+/m111/s1. The van der Waals surface area contributed by atoms with Crippen LogP contribution in [0.25, 0.3) is 0 Å². The number of carbonyl (C=O) groups is 5. The molecule has 3 saturated heterocycles. The van der Waals surface area contributed by atoms with Gasteiger partial charge in [0.2, 0.25) is 5.91 Å². The van der Waals surface area contributed by atoms with Gasteiger partial charge in [-0.05, 0) is 161 Å². The second-order valence-electron chi connectivity index (χ2n) is 23.0. The van der Waals surface area contributed by atoms with Crippen molar-refractivity contribution in [3.05, 3.63) is 105 Å². The lowest BCUT2D eigenvalue weighted by Gasteiger charge is -2.37. The summed E-state index contributed by atoms with van der Waals surface area (Å²) in [5.41, 5.74) is 12.1. The van der Waals surface area contributed by atoms with Crippen molar-refractivity contribution < 1.29 is 57.1 Å². The van der Waals surface area contributed by atoms with Crippen LogP contribution in [-0.4, -0.2) is 134 Å². The van der Waals surface area contributed by atoms with E-state index in [1.54, 1.807) is 33.8 Å². The van der Waals surface area contributed by atoms with Gasteiger partial charge < -0.3 is 59.3 Å². The van der Waals surface area contributed by atoms with Crippen LogP contribution < -0.4 is 11.5 Å². The van der Waals surface area contributed by atoms with Gasteiger partial charge in [-0.15, -0.1) is 0 Å². The molecule has 3 fully saturated rings. The molecule has 6 rings (SSSR count). The van der Waals surface area contributed by atoms with Gasteiger partial charge in [0.05, 0.1) is 31.5 Å². The highest BCUT2D eigenvalue weighted by atomic mass is 35.5. The van der Waals surface area contributed by atoms with E-state index >= 15 is 0 Å². The largest absolute Gasteiger partial charge is 0.464 e. The van der Waals surface area contributed by atoms with Gasteiger partial charge in [-0.2, -0.15) is 0 Å². The third-order valence-electron chi connectivity index (χ3n) is 12.7. The Bertz CT molecular complexity index is 2410. The summed E-state index contributed by atoms with van der Waals surface area (Å²) in [4.78, 5) is 65.5. The molecule has 20 heteroatoms. The van der Waals surface area contributed by atoms with E-state index in [9.17, 15) is 24.0 Å². The van der Waals surface area contributed by atoms with Crippen LogP contribution in [-0.2, 0) is 42.7 Å². The number of likely N-dealkylation sites (tertiary alicyclic amines) is 3. The Morgan fingerprint density at radius 2 is 0.873 bits per heavy atom. The van der Waals surface area contributed by atoms with E-state index in [4.69, 9.17) is 79.4 Å². The number of rotatable bonds is 16. The van der Waals surface area contributed by atoms with Crippen LogP contribution in [0.2, 0.25) is 15.1 Å². The molecule has 79 heavy (non-hydrogen) atoms. The van der Waals surface area contributed by atoms with E-state index in [0.717, 1.165) is 55.2 Å². The zero-order valence-corrected chi connectivity index (χ0v) is 50.2. The fraction of sp³-hybridized carbons (Fsp3) is 0.610. The number of halogens is 3. The lowest BCUT2D eigenvalue weighted by molar-refractivity contribution is -0.152. The van der Waals surface area contributed by atoms with Gasteiger partial charge in [0.25, 0.3) is 0 Å². The molecule has 17 nitrogen and oxygen atoms in total. The number of hydrogen-bond donors (Lipinski definition) is 2. The van der Waals surface area contributed by atoms with Gasteiger partial charge in [0.1, 0.15) is 30.0 Å². The van der Waals surface area contributed by atoms with Gasteiger partial charge in [0.15, 0.2) is 0 Å². The van der Waals surface area contributed by atoms with Crippen molar-refractivity contribution in [1.82, 2.24) is 14.7 Å². The van der Waals surface area contributed by atoms with Crippen molar-refractivity contribution in [1.29, 1.82) is 0 Å². The van der Waals surface area contributed by atoms with Crippen molar-refractivity contribution in [3.63, 3.8) is 0 Å². The van der Waals surface area contributed by atoms with E-state index in [-0.39, 0.29) is 67.6 Å². The summed E-state index contributed by atoms with van der Waals surface area (Å²) < 4.78 is 39.3. The molecule has 4 amide bonds. The smallest absolute Gasteiger partial charge is 0.410 e. The van der Waals surface area contributed by atoms with Gasteiger partial charge in [-0.1, -0.05) is 71.2 Å². The Morgan fingerprint density at radius 1 is 0.544 bits per heavy atom. The van der Waals surface area contributed by atoms with E-state index in [0.29, 0.717) is 74.1 Å². The van der Waals surface area contributed by atoms with Crippen molar-refractivity contribution >= 4 is 65.0 Å². The van der Waals surface area contributed by atoms with Crippen LogP contribution in [0.3, 0.4) is 0 Å². The summed E-state index contributed by atoms with van der Waals surface area (Å²) in [6.45, 7) is 23.0. The second-order valence-corrected chi connectivity index (χ2v) is 24.3. The van der Waals surface area contributed by atoms with Crippen LogP contribution in [0.1, 0.15) is 143 Å². The maximum atomic E-state index is 12.5. The number of benzene rings is 3. The summed E-state index contributed by atoms with van der Waals surface area (Å²) in [5, 5.41) is 1.87. The van der Waals surface area contributed by atoms with Gasteiger partial charge in [-0.25, -0.2) is 19.2 Å². The summed E-state index contributed by atoms with van der Waals surface area (Å²) in [5.74, 6) is -0.708. The molecular formula is C59H86Cl3N5O12. The molecule has 0 saturated carbocycles. The van der Waals surface area contributed by atoms with Crippen LogP contribution in [0.15, 0.2) is 72.8 Å². The maximum absolute atomic E-state index is 12.5. The van der Waals surface area contributed by atoms with Crippen molar-refractivity contribution in [2.45, 2.75) is 143 Å². The van der Waals surface area contributed by atoms with Crippen molar-refractivity contribution in [2.75, 3.05) is 72.2 Å². The molecular weight excluding hydrogens is 1080 g/mol. The molecule has 440 valence electrons. The Morgan fingerprint density at radius 3 is 1.16 bits per heavy atom. The van der Waals surface area contributed by atoms with Crippen LogP contribution >= 0.6 is 34.8 Å². The van der Waals surface area contributed by atoms with Gasteiger partial charge >= 0.3 is 24.2 Å². The number of esters is 1. The molecule has 0 bridgehead atoms. The number of amides is 4. The summed E-state index contributed by atoms with van der Waals surface area (Å²) in [6, 6.07) is 22.5. The topological polar surface area (TPSA) is 212 Å². The number of nitrogens with zero attached hydrogens (tertiary/aromatic N) is 3. The first-order valence-electron chi connectivity index (χ1n) is 27.3. The van der Waals surface area contributed by atoms with Gasteiger partial charge in [-0.3, -0.25) is 4.79 Å². The highest BCUT2D eigenvalue weighted by Gasteiger charge is 2.37. The fourth-order valence-electron chi connectivity index (χ4n) is 9.54. The maximum Gasteiger partial charge on any atom is 0.410 e. The number of nitrogens with two attached hydrogens (primary N) is 2. The number of piperidine rings is 3. The van der Waals surface area contributed by atoms with E-state index in [1.165, 1.54) is 0 Å². The van der Waals surface area contributed by atoms with Gasteiger partial charge in [0, 0.05) is 78.6 Å². The first-order valence-corrected chi connectivity index (χ1v) is 28.5. The molecule has 0 aromatic heterocycles. The SMILES string of the molecule is CC(C)(C)OC(=O)N1CCC[C@@H]([C@@H](OCC(N)=O)c2cccc(Cl)c2)C1.CC(C)(C)OC(=O)N1CCC[C@@H]([C@@H](OCCN)c2cccc(Cl)c2)C1.CCOC(=O)CO[C@@H](c1cccc(Cl)c1)[C@@H]1CCCN(C(=O)OC(C)(C)C)C1. The molecule has 3 aliphatic heterocycles. The number of primary amides is 1. The number of carbonyl (C=O) groups excluding carboxylic acids is 5. The molecule has 0 aliphatic carbocycles. The minimum Gasteiger partial charge on any atom is -0.464 e. The molecule has 3 aromatic carbocycles. The highest BCUT2D eigenvalue weighted by Crippen LogP contribution is 2.37. The summed E-state index contributed by atoms with van der Waals surface area (Å²) in [6.07, 6.45) is 3.54. The molecule has 0 radical (unpaired) electrons. The molecule has 3 heterocycles. The normalized spacial score (nSPS) is 19.0. The monoisotopic (exact) mass is 1160 g/mol. The molecule has 3 aliphatic rings. The Kier molecular flexibility index (Phi) is 26.9. The summed E-state index contributed by atoms with van der Waals surface area (Å²) >= 11 is 18.4. The minimum atomic E-state index is -0.545. The van der Waals surface area contributed by atoms with E-state index in [1.807, 2.05) is 123 Å². The Balaban J connectivity index is 0.000000256. The first-order chi connectivity index (χ1) is 37.1. The molecule has 0 unspecified atom stereocenters. The van der Waals surface area contributed by atoms with Crippen LogP contribution in [0.4, 0.5) is 14.4 Å². The average Bonchev–Trinajstić information content (AvgIpc) is 3.38. The molecule has 0 spiro atoms. The minimum absolute atomic E-state index is 0.0223. The Hall–Kier alpha value is -4.88. The quantitative estimate of drug-likeness (QED) is 0.101. The van der Waals surface area contributed by atoms with E-state index < -0.39 is 28.7 Å². The predicted octanol–water partition coefficient (Wildman–Crippen LogP) is 12.1. The first kappa shape index (κ1) is 66.6. The predicted molar refractivity (Wildman–Crippen MR) is 307 cm³/mol. The fourth-order valence-corrected chi connectivity index (χ4v) is 10.1. The van der Waals surface area contributed by atoms with Crippen LogP contribution in [0.5, 0.6) is 0 Å². The number of ether oxygens (including phenoxy) is 7. The van der Waals surface area contributed by atoms with Crippen molar-refractivity contribution in [2.24, 2.45) is 29.2 Å². The van der Waals surface area contributed by atoms with Crippen molar-refractivity contribution in [3.8, 4) is 0 Å². The third kappa shape index (κ3) is 24.4. The van der Waals surface area contributed by atoms with E-state index in [2.05, 4.69) is 0 Å². The zero-order chi connectivity index (χ0) is 58.5. The Labute approximate surface area is 483 Å². The molecule has 6 atom stereocenters.